The summed E-state index contributed by atoms with van der Waals surface area (Å²) in [4.78, 5) is 36.2. The molecule has 142 valence electrons. The van der Waals surface area contributed by atoms with Crippen LogP contribution in [0.3, 0.4) is 0 Å². The third-order valence-corrected chi connectivity index (χ3v) is 5.55. The van der Waals surface area contributed by atoms with Crippen molar-refractivity contribution in [2.45, 2.75) is 18.9 Å². The molecule has 4 rings (SSSR count). The normalized spacial score (nSPS) is 18.4. The minimum absolute atomic E-state index is 0.0302. The second-order valence-corrected chi connectivity index (χ2v) is 7.28. The molecule has 0 saturated carbocycles. The van der Waals surface area contributed by atoms with Crippen LogP contribution in [0.4, 0.5) is 5.69 Å². The summed E-state index contributed by atoms with van der Waals surface area (Å²) in [5.74, 6) is -0.0111. The number of amides is 2. The van der Waals surface area contributed by atoms with Gasteiger partial charge >= 0.3 is 0 Å². The van der Waals surface area contributed by atoms with Crippen molar-refractivity contribution >= 4 is 17.5 Å². The van der Waals surface area contributed by atoms with Gasteiger partial charge in [-0.25, -0.2) is 4.98 Å². The first-order valence-corrected chi connectivity index (χ1v) is 9.46. The maximum Gasteiger partial charge on any atom is 0.250 e. The van der Waals surface area contributed by atoms with E-state index in [-0.39, 0.29) is 18.2 Å². The highest BCUT2D eigenvalue weighted by atomic mass is 16.2. The molecule has 0 aliphatic carbocycles. The predicted octanol–water partition coefficient (Wildman–Crippen LogP) is 1.18. The van der Waals surface area contributed by atoms with E-state index < -0.39 is 6.04 Å². The number of piperazine rings is 1. The molecule has 3 heterocycles. The standard InChI is InChI=1S/C20H25N5O2/c1-22-10-12-23(13-11-22)19(26)14-18(24-9-7-21-15-24)20(27)25-8-6-16-4-2-3-5-17(16)25/h2-5,7,9,15,18H,6,8,10-14H2,1H3/t18-/m1/s1. The van der Waals surface area contributed by atoms with E-state index in [2.05, 4.69) is 23.0 Å². The highest BCUT2D eigenvalue weighted by Crippen LogP contribution is 2.30. The molecule has 1 fully saturated rings. The van der Waals surface area contributed by atoms with Gasteiger partial charge in [0.1, 0.15) is 6.04 Å². The molecule has 0 bridgehead atoms. The van der Waals surface area contributed by atoms with Crippen LogP contribution in [0.2, 0.25) is 0 Å². The van der Waals surface area contributed by atoms with Crippen molar-refractivity contribution in [1.29, 1.82) is 0 Å². The fourth-order valence-electron chi connectivity index (χ4n) is 3.87. The molecule has 2 aromatic rings. The van der Waals surface area contributed by atoms with Crippen LogP contribution < -0.4 is 4.90 Å². The van der Waals surface area contributed by atoms with Crippen molar-refractivity contribution in [2.24, 2.45) is 0 Å². The van der Waals surface area contributed by atoms with E-state index in [0.717, 1.165) is 25.2 Å². The molecule has 27 heavy (non-hydrogen) atoms. The second kappa shape index (κ2) is 7.52. The van der Waals surface area contributed by atoms with Crippen LogP contribution in [0.5, 0.6) is 0 Å². The minimum atomic E-state index is -0.564. The Morgan fingerprint density at radius 1 is 1.11 bits per heavy atom. The SMILES string of the molecule is CN1CCN(C(=O)C[C@H](C(=O)N2CCc3ccccc32)n2ccnc2)CC1. The van der Waals surface area contributed by atoms with Crippen molar-refractivity contribution in [1.82, 2.24) is 19.4 Å². The quantitative estimate of drug-likeness (QED) is 0.814. The summed E-state index contributed by atoms with van der Waals surface area (Å²) in [5, 5.41) is 0. The van der Waals surface area contributed by atoms with E-state index >= 15 is 0 Å². The number of fused-ring (bicyclic) bond motifs is 1. The number of likely N-dealkylation sites (N-methyl/N-ethyl adjacent to an activating group) is 1. The van der Waals surface area contributed by atoms with Gasteiger partial charge in [-0.1, -0.05) is 18.2 Å². The molecule has 0 spiro atoms. The van der Waals surface area contributed by atoms with Crippen LogP contribution in [0, 0.1) is 0 Å². The van der Waals surface area contributed by atoms with Crippen molar-refractivity contribution in [3.05, 3.63) is 48.5 Å². The second-order valence-electron chi connectivity index (χ2n) is 7.28. The van der Waals surface area contributed by atoms with Gasteiger partial charge in [-0.15, -0.1) is 0 Å². The lowest BCUT2D eigenvalue weighted by molar-refractivity contribution is -0.136. The first-order valence-electron chi connectivity index (χ1n) is 9.46. The topological polar surface area (TPSA) is 61.7 Å². The number of carbonyl (C=O) groups excluding carboxylic acids is 2. The molecular weight excluding hydrogens is 342 g/mol. The number of anilines is 1. The average Bonchev–Trinajstić information content (AvgIpc) is 3.36. The molecule has 0 unspecified atom stereocenters. The Morgan fingerprint density at radius 3 is 2.63 bits per heavy atom. The van der Waals surface area contributed by atoms with Crippen molar-refractivity contribution < 1.29 is 9.59 Å². The monoisotopic (exact) mass is 367 g/mol. The van der Waals surface area contributed by atoms with Gasteiger partial charge in [0.25, 0.3) is 5.91 Å². The van der Waals surface area contributed by atoms with E-state index in [4.69, 9.17) is 0 Å². The van der Waals surface area contributed by atoms with Gasteiger partial charge < -0.3 is 19.3 Å². The zero-order chi connectivity index (χ0) is 18.8. The number of rotatable bonds is 4. The number of nitrogens with zero attached hydrogens (tertiary/aromatic N) is 5. The lowest BCUT2D eigenvalue weighted by atomic mass is 10.1. The summed E-state index contributed by atoms with van der Waals surface area (Å²) in [6.07, 6.45) is 6.06. The first kappa shape index (κ1) is 17.7. The molecule has 2 aliphatic heterocycles. The smallest absolute Gasteiger partial charge is 0.250 e. The van der Waals surface area contributed by atoms with Crippen molar-refractivity contribution in [3.8, 4) is 0 Å². The lowest BCUT2D eigenvalue weighted by Gasteiger charge is -2.33. The van der Waals surface area contributed by atoms with Crippen molar-refractivity contribution in [2.75, 3.05) is 44.7 Å². The van der Waals surface area contributed by atoms with Gasteiger partial charge in [-0.2, -0.15) is 0 Å². The molecule has 1 aromatic heterocycles. The van der Waals surface area contributed by atoms with Crippen LogP contribution in [0.1, 0.15) is 18.0 Å². The Labute approximate surface area is 159 Å². The number of carbonyl (C=O) groups is 2. The zero-order valence-corrected chi connectivity index (χ0v) is 15.6. The minimum Gasteiger partial charge on any atom is -0.340 e. The Balaban J connectivity index is 1.54. The number of aromatic nitrogens is 2. The highest BCUT2D eigenvalue weighted by molar-refractivity contribution is 6.00. The molecule has 1 aromatic carbocycles. The summed E-state index contributed by atoms with van der Waals surface area (Å²) < 4.78 is 1.76. The third kappa shape index (κ3) is 3.60. The Hall–Kier alpha value is -2.67. The molecule has 1 atom stereocenters. The molecule has 0 N–H and O–H groups in total. The third-order valence-electron chi connectivity index (χ3n) is 5.55. The molecule has 1 saturated heterocycles. The maximum absolute atomic E-state index is 13.4. The van der Waals surface area contributed by atoms with Gasteiger partial charge in [0.15, 0.2) is 0 Å². The van der Waals surface area contributed by atoms with Crippen LogP contribution in [-0.4, -0.2) is 70.9 Å². The van der Waals surface area contributed by atoms with Crippen LogP contribution in [0.25, 0.3) is 0 Å². The molecular formula is C20H25N5O2. The summed E-state index contributed by atoms with van der Waals surface area (Å²) in [6.45, 7) is 3.83. The Kier molecular flexibility index (Phi) is 4.94. The number of imidazole rings is 1. The van der Waals surface area contributed by atoms with E-state index in [1.54, 1.807) is 23.3 Å². The fraction of sp³-hybridized carbons (Fsp3) is 0.450. The number of hydrogen-bond donors (Lipinski definition) is 0. The maximum atomic E-state index is 13.4. The highest BCUT2D eigenvalue weighted by Gasteiger charge is 2.33. The van der Waals surface area contributed by atoms with E-state index in [9.17, 15) is 9.59 Å². The Bertz CT molecular complexity index is 812. The molecule has 0 radical (unpaired) electrons. The molecule has 7 nitrogen and oxygen atoms in total. The van der Waals surface area contributed by atoms with Gasteiger partial charge in [-0.05, 0) is 25.1 Å². The van der Waals surface area contributed by atoms with E-state index in [1.165, 1.54) is 5.56 Å². The van der Waals surface area contributed by atoms with Gasteiger partial charge in [0.2, 0.25) is 5.91 Å². The number of para-hydroxylation sites is 1. The van der Waals surface area contributed by atoms with Gasteiger partial charge in [0, 0.05) is 50.8 Å². The number of benzene rings is 1. The van der Waals surface area contributed by atoms with Crippen LogP contribution in [0.15, 0.2) is 43.0 Å². The summed E-state index contributed by atoms with van der Waals surface area (Å²) in [7, 11) is 2.06. The summed E-state index contributed by atoms with van der Waals surface area (Å²) >= 11 is 0. The predicted molar refractivity (Wildman–Crippen MR) is 102 cm³/mol. The average molecular weight is 367 g/mol. The van der Waals surface area contributed by atoms with Crippen LogP contribution >= 0.6 is 0 Å². The lowest BCUT2D eigenvalue weighted by Crippen LogP contribution is -2.48. The zero-order valence-electron chi connectivity index (χ0n) is 15.6. The fourth-order valence-corrected chi connectivity index (χ4v) is 3.87. The number of hydrogen-bond acceptors (Lipinski definition) is 4. The van der Waals surface area contributed by atoms with Crippen LogP contribution in [-0.2, 0) is 16.0 Å². The van der Waals surface area contributed by atoms with Gasteiger partial charge in [0.05, 0.1) is 12.7 Å². The van der Waals surface area contributed by atoms with Crippen molar-refractivity contribution in [3.63, 3.8) is 0 Å². The molecule has 2 amide bonds. The van der Waals surface area contributed by atoms with Gasteiger partial charge in [-0.3, -0.25) is 9.59 Å². The van der Waals surface area contributed by atoms with E-state index in [1.807, 2.05) is 28.0 Å². The largest absolute Gasteiger partial charge is 0.340 e. The van der Waals surface area contributed by atoms with E-state index in [0.29, 0.717) is 19.6 Å². The Morgan fingerprint density at radius 2 is 1.89 bits per heavy atom. The summed E-state index contributed by atoms with van der Waals surface area (Å²) in [6, 6.07) is 7.42. The molecule has 2 aliphatic rings. The first-order chi connectivity index (χ1) is 13.1. The summed E-state index contributed by atoms with van der Waals surface area (Å²) in [5.41, 5.74) is 2.14. The molecule has 7 heteroatoms.